The molecule has 0 atom stereocenters. The van der Waals surface area contributed by atoms with E-state index in [2.05, 4.69) is 13.5 Å². The van der Waals surface area contributed by atoms with Crippen molar-refractivity contribution in [3.63, 3.8) is 0 Å². The predicted molar refractivity (Wildman–Crippen MR) is 135 cm³/mol. The van der Waals surface area contributed by atoms with Crippen molar-refractivity contribution in [3.05, 3.63) is 66.7 Å². The molecule has 2 aromatic carbocycles. The summed E-state index contributed by atoms with van der Waals surface area (Å²) >= 11 is 0. The maximum atomic E-state index is 12.4. The van der Waals surface area contributed by atoms with E-state index in [0.29, 0.717) is 24.5 Å². The van der Waals surface area contributed by atoms with E-state index in [1.54, 1.807) is 24.3 Å². The number of carbonyl (C=O) groups excluding carboxylic acids is 1. The number of carbonyl (C=O) groups is 1. The van der Waals surface area contributed by atoms with Gasteiger partial charge in [0, 0.05) is 0 Å². The third kappa shape index (κ3) is 11.6. The van der Waals surface area contributed by atoms with Crippen LogP contribution in [0.3, 0.4) is 0 Å². The number of hydrogen-bond donors (Lipinski definition) is 0. The van der Waals surface area contributed by atoms with Gasteiger partial charge in [-0.05, 0) is 74.2 Å². The van der Waals surface area contributed by atoms with Crippen LogP contribution in [0.4, 0.5) is 0 Å². The van der Waals surface area contributed by atoms with E-state index in [1.165, 1.54) is 44.9 Å². The molecule has 0 aromatic heterocycles. The van der Waals surface area contributed by atoms with Crippen LogP contribution in [0, 0.1) is 0 Å². The van der Waals surface area contributed by atoms with E-state index in [9.17, 15) is 4.79 Å². The van der Waals surface area contributed by atoms with Crippen molar-refractivity contribution in [1.29, 1.82) is 0 Å². The van der Waals surface area contributed by atoms with Crippen molar-refractivity contribution in [2.75, 3.05) is 13.2 Å². The minimum atomic E-state index is -0.384. The average Bonchev–Trinajstić information content (AvgIpc) is 2.84. The van der Waals surface area contributed by atoms with E-state index >= 15 is 0 Å². The molecule has 33 heavy (non-hydrogen) atoms. The molecule has 0 amide bonds. The quantitative estimate of drug-likeness (QED) is 0.0990. The molecule has 0 radical (unpaired) electrons. The van der Waals surface area contributed by atoms with E-state index in [4.69, 9.17) is 14.2 Å². The fraction of sp³-hybridized carbons (Fsp3) is 0.483. The van der Waals surface area contributed by atoms with E-state index in [1.807, 2.05) is 30.3 Å². The molecule has 0 N–H and O–H groups in total. The fourth-order valence-electron chi connectivity index (χ4n) is 3.46. The highest BCUT2D eigenvalue weighted by Crippen LogP contribution is 2.20. The van der Waals surface area contributed by atoms with Crippen LogP contribution >= 0.6 is 0 Å². The van der Waals surface area contributed by atoms with E-state index < -0.39 is 0 Å². The van der Waals surface area contributed by atoms with Crippen molar-refractivity contribution in [3.8, 4) is 17.2 Å². The Morgan fingerprint density at radius 2 is 1.18 bits per heavy atom. The topological polar surface area (TPSA) is 44.8 Å². The Morgan fingerprint density at radius 1 is 0.697 bits per heavy atom. The minimum Gasteiger partial charge on any atom is -0.494 e. The second-order valence-corrected chi connectivity index (χ2v) is 8.34. The molecule has 0 aliphatic heterocycles. The van der Waals surface area contributed by atoms with Crippen molar-refractivity contribution in [1.82, 2.24) is 0 Å². The van der Waals surface area contributed by atoms with Crippen LogP contribution in [-0.2, 0) is 0 Å². The van der Waals surface area contributed by atoms with Crippen LogP contribution in [0.15, 0.2) is 61.2 Å². The van der Waals surface area contributed by atoms with Crippen LogP contribution in [0.1, 0.15) is 87.9 Å². The molecule has 0 saturated carbocycles. The Morgan fingerprint density at radius 3 is 1.76 bits per heavy atom. The van der Waals surface area contributed by atoms with Crippen LogP contribution in [0.5, 0.6) is 17.2 Å². The molecule has 2 rings (SSSR count). The van der Waals surface area contributed by atoms with Gasteiger partial charge in [-0.25, -0.2) is 4.79 Å². The molecule has 0 heterocycles. The van der Waals surface area contributed by atoms with E-state index in [-0.39, 0.29) is 5.97 Å². The fourth-order valence-corrected chi connectivity index (χ4v) is 3.46. The molecule has 180 valence electrons. The molecule has 4 nitrogen and oxygen atoms in total. The number of hydrogen-bond acceptors (Lipinski definition) is 4. The lowest BCUT2D eigenvalue weighted by Crippen LogP contribution is -2.08. The van der Waals surface area contributed by atoms with Gasteiger partial charge in [0.1, 0.15) is 17.2 Å². The first-order valence-electron chi connectivity index (χ1n) is 12.5. The Bertz CT molecular complexity index is 780. The van der Waals surface area contributed by atoms with Crippen molar-refractivity contribution >= 4 is 5.97 Å². The zero-order valence-electron chi connectivity index (χ0n) is 20.2. The van der Waals surface area contributed by atoms with E-state index in [0.717, 1.165) is 37.2 Å². The zero-order valence-corrected chi connectivity index (χ0v) is 20.2. The van der Waals surface area contributed by atoms with Gasteiger partial charge < -0.3 is 14.2 Å². The third-order valence-electron chi connectivity index (χ3n) is 5.46. The smallest absolute Gasteiger partial charge is 0.343 e. The van der Waals surface area contributed by atoms with Crippen LogP contribution < -0.4 is 14.2 Å². The Balaban J connectivity index is 1.65. The summed E-state index contributed by atoms with van der Waals surface area (Å²) in [6.07, 6.45) is 15.0. The summed E-state index contributed by atoms with van der Waals surface area (Å²) < 4.78 is 17.0. The molecule has 0 aliphatic carbocycles. The van der Waals surface area contributed by atoms with Gasteiger partial charge in [0.15, 0.2) is 0 Å². The molecular formula is C29H40O4. The van der Waals surface area contributed by atoms with Gasteiger partial charge in [-0.2, -0.15) is 0 Å². The summed E-state index contributed by atoms with van der Waals surface area (Å²) in [6.45, 7) is 7.37. The van der Waals surface area contributed by atoms with Gasteiger partial charge in [0.25, 0.3) is 0 Å². The van der Waals surface area contributed by atoms with Gasteiger partial charge in [0.2, 0.25) is 0 Å². The summed E-state index contributed by atoms with van der Waals surface area (Å²) in [5, 5.41) is 0. The largest absolute Gasteiger partial charge is 0.494 e. The first-order valence-corrected chi connectivity index (χ1v) is 12.5. The first-order chi connectivity index (χ1) is 16.2. The zero-order chi connectivity index (χ0) is 23.6. The van der Waals surface area contributed by atoms with Crippen molar-refractivity contribution < 1.29 is 19.0 Å². The van der Waals surface area contributed by atoms with Crippen LogP contribution in [0.25, 0.3) is 0 Å². The summed E-state index contributed by atoms with van der Waals surface area (Å²) in [4.78, 5) is 12.4. The van der Waals surface area contributed by atoms with Gasteiger partial charge in [-0.3, -0.25) is 0 Å². The molecule has 0 bridgehead atoms. The van der Waals surface area contributed by atoms with Crippen LogP contribution in [-0.4, -0.2) is 19.2 Å². The number of unbranched alkanes of at least 4 members (excludes halogenated alkanes) is 9. The van der Waals surface area contributed by atoms with Gasteiger partial charge in [-0.1, -0.05) is 57.9 Å². The lowest BCUT2D eigenvalue weighted by molar-refractivity contribution is 0.0734. The molecule has 2 aromatic rings. The first kappa shape index (κ1) is 26.5. The second-order valence-electron chi connectivity index (χ2n) is 8.34. The normalized spacial score (nSPS) is 10.6. The summed E-state index contributed by atoms with van der Waals surface area (Å²) in [6, 6.07) is 14.3. The molecular weight excluding hydrogens is 412 g/mol. The number of benzene rings is 2. The predicted octanol–water partition coefficient (Wildman–Crippen LogP) is 8.16. The van der Waals surface area contributed by atoms with Gasteiger partial charge >= 0.3 is 5.97 Å². The highest BCUT2D eigenvalue weighted by Gasteiger charge is 2.09. The lowest BCUT2D eigenvalue weighted by atomic mass is 10.1. The molecule has 0 aliphatic rings. The average molecular weight is 453 g/mol. The summed E-state index contributed by atoms with van der Waals surface area (Å²) in [7, 11) is 0. The van der Waals surface area contributed by atoms with Gasteiger partial charge in [0.05, 0.1) is 18.8 Å². The number of allylic oxidation sites excluding steroid dienone is 1. The maximum Gasteiger partial charge on any atom is 0.343 e. The number of esters is 1. The maximum absolute atomic E-state index is 12.4. The number of ether oxygens (including phenoxy) is 3. The van der Waals surface area contributed by atoms with Gasteiger partial charge in [-0.15, -0.1) is 6.58 Å². The standard InChI is InChI=1S/C29H40O4/c1-3-5-7-9-11-13-23-31-26-17-15-25(16-18-26)29(30)33-28-21-19-27(20-22-28)32-24-14-12-10-8-6-4-2/h4,15-22H,2-3,5-14,23-24H2,1H3. The van der Waals surface area contributed by atoms with Crippen molar-refractivity contribution in [2.45, 2.75) is 77.6 Å². The lowest BCUT2D eigenvalue weighted by Gasteiger charge is -2.09. The minimum absolute atomic E-state index is 0.384. The van der Waals surface area contributed by atoms with Crippen LogP contribution in [0.2, 0.25) is 0 Å². The summed E-state index contributed by atoms with van der Waals surface area (Å²) in [5.41, 5.74) is 0.499. The highest BCUT2D eigenvalue weighted by molar-refractivity contribution is 5.91. The Hall–Kier alpha value is -2.75. The number of rotatable bonds is 18. The molecule has 0 fully saturated rings. The Kier molecular flexibility index (Phi) is 13.5. The SMILES string of the molecule is C=CCCCCCCOc1ccc(OC(=O)c2ccc(OCCCCCCCC)cc2)cc1. The molecule has 0 saturated heterocycles. The van der Waals surface area contributed by atoms with Crippen molar-refractivity contribution in [2.24, 2.45) is 0 Å². The summed E-state index contributed by atoms with van der Waals surface area (Å²) in [5.74, 6) is 1.68. The molecule has 4 heteroatoms. The second kappa shape index (κ2) is 16.8. The third-order valence-corrected chi connectivity index (χ3v) is 5.46. The Labute approximate surface area is 200 Å². The monoisotopic (exact) mass is 452 g/mol. The molecule has 0 spiro atoms. The highest BCUT2D eigenvalue weighted by atomic mass is 16.5. The molecule has 0 unspecified atom stereocenters.